The number of furan rings is 1. The van der Waals surface area contributed by atoms with E-state index in [-0.39, 0.29) is 17.9 Å². The Morgan fingerprint density at radius 1 is 1.19 bits per heavy atom. The highest BCUT2D eigenvalue weighted by atomic mass is 16.3. The lowest BCUT2D eigenvalue weighted by Crippen LogP contribution is -2.44. The van der Waals surface area contributed by atoms with Crippen LogP contribution in [0, 0.1) is 0 Å². The van der Waals surface area contributed by atoms with Crippen LogP contribution in [0.2, 0.25) is 0 Å². The Morgan fingerprint density at radius 3 is 2.58 bits per heavy atom. The van der Waals surface area contributed by atoms with Crippen molar-refractivity contribution in [2.45, 2.75) is 32.4 Å². The van der Waals surface area contributed by atoms with Crippen LogP contribution in [0.5, 0.6) is 0 Å². The van der Waals surface area contributed by atoms with Crippen LogP contribution in [0.3, 0.4) is 0 Å². The molecular formula is C20H25N3O3. The molecule has 1 N–H and O–H groups in total. The molecule has 0 unspecified atom stereocenters. The van der Waals surface area contributed by atoms with Gasteiger partial charge in [-0.1, -0.05) is 12.1 Å². The van der Waals surface area contributed by atoms with E-state index < -0.39 is 0 Å². The Kier molecular flexibility index (Phi) is 5.61. The molecule has 1 aliphatic heterocycles. The van der Waals surface area contributed by atoms with Crippen LogP contribution in [0.15, 0.2) is 47.1 Å². The smallest absolute Gasteiger partial charge is 0.256 e. The molecule has 1 saturated heterocycles. The first-order chi connectivity index (χ1) is 12.5. The Labute approximate surface area is 153 Å². The summed E-state index contributed by atoms with van der Waals surface area (Å²) in [5.41, 5.74) is 1.64. The van der Waals surface area contributed by atoms with Crippen molar-refractivity contribution in [3.63, 3.8) is 0 Å². The summed E-state index contributed by atoms with van der Waals surface area (Å²) in [6.07, 6.45) is 3.37. The number of benzene rings is 1. The molecule has 0 radical (unpaired) electrons. The summed E-state index contributed by atoms with van der Waals surface area (Å²) in [5, 5.41) is 2.98. The molecule has 6 heteroatoms. The fourth-order valence-electron chi connectivity index (χ4n) is 3.40. The highest BCUT2D eigenvalue weighted by Crippen LogP contribution is 2.25. The number of amides is 2. The fourth-order valence-corrected chi connectivity index (χ4v) is 3.40. The molecule has 2 aromatic rings. The van der Waals surface area contributed by atoms with Gasteiger partial charge in [0.1, 0.15) is 5.76 Å². The van der Waals surface area contributed by atoms with Crippen LogP contribution in [-0.4, -0.2) is 42.9 Å². The van der Waals surface area contributed by atoms with Crippen LogP contribution < -0.4 is 10.2 Å². The highest BCUT2D eigenvalue weighted by molar-refractivity contribution is 5.99. The van der Waals surface area contributed by atoms with Crippen molar-refractivity contribution in [3.8, 4) is 0 Å². The molecule has 138 valence electrons. The molecule has 3 rings (SSSR count). The summed E-state index contributed by atoms with van der Waals surface area (Å²) in [5.74, 6) is 0.744. The van der Waals surface area contributed by atoms with E-state index in [9.17, 15) is 9.59 Å². The van der Waals surface area contributed by atoms with Crippen LogP contribution in [-0.2, 0) is 11.3 Å². The first-order valence-corrected chi connectivity index (χ1v) is 8.93. The zero-order chi connectivity index (χ0) is 18.5. The summed E-state index contributed by atoms with van der Waals surface area (Å²) in [7, 11) is 1.78. The largest absolute Gasteiger partial charge is 0.467 e. The maximum absolute atomic E-state index is 12.9. The Morgan fingerprint density at radius 2 is 1.92 bits per heavy atom. The van der Waals surface area contributed by atoms with Gasteiger partial charge in [0, 0.05) is 38.8 Å². The number of carbonyl (C=O) groups is 2. The molecule has 2 heterocycles. The van der Waals surface area contributed by atoms with Crippen molar-refractivity contribution < 1.29 is 14.0 Å². The van der Waals surface area contributed by atoms with Gasteiger partial charge in [0.05, 0.1) is 18.4 Å². The van der Waals surface area contributed by atoms with E-state index >= 15 is 0 Å². The van der Waals surface area contributed by atoms with Crippen molar-refractivity contribution in [2.24, 2.45) is 0 Å². The van der Waals surface area contributed by atoms with Crippen LogP contribution >= 0.6 is 0 Å². The van der Waals surface area contributed by atoms with Crippen molar-refractivity contribution in [1.82, 2.24) is 10.2 Å². The maximum Gasteiger partial charge on any atom is 0.256 e. The molecule has 26 heavy (non-hydrogen) atoms. The SMILES string of the molecule is CC(=O)NC1CCN(c2ccccc2C(=O)N(C)Cc2ccco2)CC1. The standard InChI is InChI=1S/C20H25N3O3/c1-15(24)21-16-9-11-23(12-10-16)19-8-4-3-7-18(19)20(25)22(2)14-17-6-5-13-26-17/h3-8,13,16H,9-12,14H2,1-2H3,(H,21,24). The molecule has 1 aromatic carbocycles. The number of rotatable bonds is 5. The van der Waals surface area contributed by atoms with Crippen molar-refractivity contribution in [3.05, 3.63) is 54.0 Å². The molecule has 2 amide bonds. The molecule has 1 fully saturated rings. The Bertz CT molecular complexity index is 749. The second-order valence-electron chi connectivity index (χ2n) is 6.72. The average molecular weight is 355 g/mol. The lowest BCUT2D eigenvalue weighted by atomic mass is 10.0. The minimum Gasteiger partial charge on any atom is -0.467 e. The molecule has 0 saturated carbocycles. The fraction of sp³-hybridized carbons (Fsp3) is 0.400. The molecule has 0 bridgehead atoms. The first-order valence-electron chi connectivity index (χ1n) is 8.93. The van der Waals surface area contributed by atoms with Crippen molar-refractivity contribution >= 4 is 17.5 Å². The molecule has 0 spiro atoms. The number of anilines is 1. The summed E-state index contributed by atoms with van der Waals surface area (Å²) in [6, 6.07) is 11.6. The van der Waals surface area contributed by atoms with Gasteiger partial charge in [0.2, 0.25) is 5.91 Å². The van der Waals surface area contributed by atoms with Gasteiger partial charge in [-0.05, 0) is 37.1 Å². The average Bonchev–Trinajstić information content (AvgIpc) is 3.14. The van der Waals surface area contributed by atoms with Crippen LogP contribution in [0.25, 0.3) is 0 Å². The monoisotopic (exact) mass is 355 g/mol. The van der Waals surface area contributed by atoms with Gasteiger partial charge in [-0.2, -0.15) is 0 Å². The van der Waals surface area contributed by atoms with Gasteiger partial charge in [-0.3, -0.25) is 9.59 Å². The van der Waals surface area contributed by atoms with E-state index in [0.29, 0.717) is 12.1 Å². The minimum absolute atomic E-state index is 0.0126. The summed E-state index contributed by atoms with van der Waals surface area (Å²) in [4.78, 5) is 28.1. The lowest BCUT2D eigenvalue weighted by Gasteiger charge is -2.35. The van der Waals surface area contributed by atoms with Crippen molar-refractivity contribution in [2.75, 3.05) is 25.0 Å². The number of para-hydroxylation sites is 1. The zero-order valence-electron chi connectivity index (χ0n) is 15.3. The summed E-state index contributed by atoms with van der Waals surface area (Å²) in [6.45, 7) is 3.62. The molecule has 0 aliphatic carbocycles. The molecule has 1 aromatic heterocycles. The number of hydrogen-bond acceptors (Lipinski definition) is 4. The lowest BCUT2D eigenvalue weighted by molar-refractivity contribution is -0.119. The second-order valence-corrected chi connectivity index (χ2v) is 6.72. The van der Waals surface area contributed by atoms with E-state index in [2.05, 4.69) is 10.2 Å². The van der Waals surface area contributed by atoms with E-state index in [0.717, 1.165) is 37.4 Å². The third-order valence-electron chi connectivity index (χ3n) is 4.70. The predicted molar refractivity (Wildman–Crippen MR) is 100.0 cm³/mol. The second kappa shape index (κ2) is 8.08. The molecular weight excluding hydrogens is 330 g/mol. The summed E-state index contributed by atoms with van der Waals surface area (Å²) < 4.78 is 5.34. The topological polar surface area (TPSA) is 65.8 Å². The van der Waals surface area contributed by atoms with Gasteiger partial charge in [-0.15, -0.1) is 0 Å². The predicted octanol–water partition coefficient (Wildman–Crippen LogP) is 2.66. The Hall–Kier alpha value is -2.76. The van der Waals surface area contributed by atoms with E-state index in [1.54, 1.807) is 25.1 Å². The highest BCUT2D eigenvalue weighted by Gasteiger charge is 2.24. The first kappa shape index (κ1) is 18.0. The number of hydrogen-bond donors (Lipinski definition) is 1. The molecule has 6 nitrogen and oxygen atoms in total. The molecule has 1 aliphatic rings. The normalized spacial score (nSPS) is 14.9. The number of carbonyl (C=O) groups excluding carboxylic acids is 2. The van der Waals surface area contributed by atoms with Crippen LogP contribution in [0.1, 0.15) is 35.9 Å². The minimum atomic E-state index is -0.0269. The molecule has 0 atom stereocenters. The van der Waals surface area contributed by atoms with Crippen molar-refractivity contribution in [1.29, 1.82) is 0 Å². The van der Waals surface area contributed by atoms with Gasteiger partial charge >= 0.3 is 0 Å². The zero-order valence-corrected chi connectivity index (χ0v) is 15.3. The van der Waals surface area contributed by atoms with Gasteiger partial charge in [-0.25, -0.2) is 0 Å². The Balaban J connectivity index is 1.70. The van der Waals surface area contributed by atoms with E-state index in [1.165, 1.54) is 0 Å². The van der Waals surface area contributed by atoms with Gasteiger partial charge in [0.15, 0.2) is 0 Å². The van der Waals surface area contributed by atoms with Gasteiger partial charge in [0.25, 0.3) is 5.91 Å². The van der Waals surface area contributed by atoms with E-state index in [4.69, 9.17) is 4.42 Å². The van der Waals surface area contributed by atoms with Crippen LogP contribution in [0.4, 0.5) is 5.69 Å². The number of piperidine rings is 1. The third-order valence-corrected chi connectivity index (χ3v) is 4.70. The number of nitrogens with zero attached hydrogens (tertiary/aromatic N) is 2. The number of nitrogens with one attached hydrogen (secondary N) is 1. The maximum atomic E-state index is 12.9. The quantitative estimate of drug-likeness (QED) is 0.895. The van der Waals surface area contributed by atoms with Gasteiger partial charge < -0.3 is 19.5 Å². The third kappa shape index (κ3) is 4.25. The van der Waals surface area contributed by atoms with E-state index in [1.807, 2.05) is 36.4 Å². The summed E-state index contributed by atoms with van der Waals surface area (Å²) >= 11 is 0.